The van der Waals surface area contributed by atoms with Crippen molar-refractivity contribution >= 4 is 16.9 Å². The molecule has 6 heteroatoms. The van der Waals surface area contributed by atoms with Crippen LogP contribution in [0.15, 0.2) is 60.7 Å². The van der Waals surface area contributed by atoms with Crippen LogP contribution in [0.5, 0.6) is 17.2 Å². The van der Waals surface area contributed by atoms with Gasteiger partial charge in [-0.1, -0.05) is 36.4 Å². The van der Waals surface area contributed by atoms with Gasteiger partial charge in [-0.05, 0) is 71.5 Å². The second kappa shape index (κ2) is 8.80. The maximum absolute atomic E-state index is 12.0. The second-order valence-corrected chi connectivity index (χ2v) is 9.53. The van der Waals surface area contributed by atoms with Gasteiger partial charge in [0.1, 0.15) is 5.75 Å². The molecule has 0 spiro atoms. The molecule has 3 aromatic rings. The minimum absolute atomic E-state index is 0.0577. The number of hydrogen-bond acceptors (Lipinski definition) is 6. The predicted molar refractivity (Wildman–Crippen MR) is 138 cm³/mol. The van der Waals surface area contributed by atoms with Crippen LogP contribution in [0.4, 0.5) is 0 Å². The highest BCUT2D eigenvalue weighted by atomic mass is 16.7. The largest absolute Gasteiger partial charge is 0.497 e. The highest BCUT2D eigenvalue weighted by Crippen LogP contribution is 2.57. The molecule has 1 aliphatic carbocycles. The van der Waals surface area contributed by atoms with Crippen molar-refractivity contribution in [2.75, 3.05) is 40.2 Å². The third kappa shape index (κ3) is 3.52. The smallest absolute Gasteiger partial charge is 0.231 e. The van der Waals surface area contributed by atoms with Gasteiger partial charge in [-0.3, -0.25) is 9.69 Å². The summed E-state index contributed by atoms with van der Waals surface area (Å²) < 4.78 is 22.8. The van der Waals surface area contributed by atoms with Gasteiger partial charge in [0.15, 0.2) is 17.3 Å². The number of hydrogen-bond donors (Lipinski definition) is 0. The molecule has 2 heterocycles. The summed E-state index contributed by atoms with van der Waals surface area (Å²) in [6.45, 7) is 7.12. The Morgan fingerprint density at radius 1 is 0.917 bits per heavy atom. The number of ether oxygens (including phenoxy) is 4. The molecule has 36 heavy (non-hydrogen) atoms. The van der Waals surface area contributed by atoms with E-state index in [1.165, 1.54) is 11.1 Å². The summed E-state index contributed by atoms with van der Waals surface area (Å²) >= 11 is 0. The van der Waals surface area contributed by atoms with Crippen LogP contribution < -0.4 is 14.2 Å². The highest BCUT2D eigenvalue weighted by molar-refractivity contribution is 6.08. The fourth-order valence-corrected chi connectivity index (χ4v) is 5.76. The Bertz CT molecular complexity index is 1350. The van der Waals surface area contributed by atoms with Crippen LogP contribution in [-0.4, -0.2) is 50.9 Å². The van der Waals surface area contributed by atoms with Gasteiger partial charge in [0.2, 0.25) is 6.79 Å². The molecule has 6 nitrogen and oxygen atoms in total. The molecule has 0 aromatic heterocycles. The lowest BCUT2D eigenvalue weighted by molar-refractivity contribution is 0.00191. The maximum atomic E-state index is 12.0. The Hall–Kier alpha value is -3.61. The molecule has 3 aliphatic rings. The van der Waals surface area contributed by atoms with Gasteiger partial charge in [-0.2, -0.15) is 0 Å². The van der Waals surface area contributed by atoms with Crippen molar-refractivity contribution in [1.82, 2.24) is 4.90 Å². The van der Waals surface area contributed by atoms with Crippen LogP contribution in [0, 0.1) is 0 Å². The summed E-state index contributed by atoms with van der Waals surface area (Å²) in [5.74, 6) is 2.40. The first-order chi connectivity index (χ1) is 17.5. The van der Waals surface area contributed by atoms with E-state index in [1.807, 2.05) is 24.3 Å². The second-order valence-electron chi connectivity index (χ2n) is 9.53. The van der Waals surface area contributed by atoms with Gasteiger partial charge in [0.05, 0.1) is 25.9 Å². The van der Waals surface area contributed by atoms with Crippen molar-refractivity contribution in [2.24, 2.45) is 0 Å². The summed E-state index contributed by atoms with van der Waals surface area (Å²) in [6, 6.07) is 20.5. The van der Waals surface area contributed by atoms with Crippen molar-refractivity contribution in [1.29, 1.82) is 0 Å². The Kier molecular flexibility index (Phi) is 5.58. The van der Waals surface area contributed by atoms with E-state index in [9.17, 15) is 4.79 Å². The van der Waals surface area contributed by atoms with E-state index in [2.05, 4.69) is 48.2 Å². The fourth-order valence-electron chi connectivity index (χ4n) is 5.76. The van der Waals surface area contributed by atoms with Crippen molar-refractivity contribution in [2.45, 2.75) is 19.4 Å². The number of ketones is 1. The number of nitrogens with zero attached hydrogens (tertiary/aromatic N) is 1. The SMILES string of the molecule is COc1ccc(C2=C(c3ccc(C(C)=O)cc3)C(C)(N3CCOCC3)c3cc4c(cc32)OCO4)cc1. The van der Waals surface area contributed by atoms with Crippen LogP contribution in [0.1, 0.15) is 46.5 Å². The fraction of sp³-hybridized carbons (Fsp3) is 0.300. The van der Waals surface area contributed by atoms with Gasteiger partial charge in [-0.25, -0.2) is 0 Å². The number of methoxy groups -OCH3 is 1. The van der Waals surface area contributed by atoms with E-state index in [4.69, 9.17) is 18.9 Å². The maximum Gasteiger partial charge on any atom is 0.231 e. The van der Waals surface area contributed by atoms with E-state index in [-0.39, 0.29) is 12.6 Å². The average molecular weight is 484 g/mol. The van der Waals surface area contributed by atoms with Crippen molar-refractivity contribution in [3.63, 3.8) is 0 Å². The predicted octanol–water partition coefficient (Wildman–Crippen LogP) is 5.15. The van der Waals surface area contributed by atoms with Gasteiger partial charge in [0.25, 0.3) is 0 Å². The van der Waals surface area contributed by atoms with Crippen LogP contribution in [0.2, 0.25) is 0 Å². The minimum atomic E-state index is -0.437. The number of benzene rings is 3. The van der Waals surface area contributed by atoms with Crippen molar-refractivity contribution in [3.05, 3.63) is 88.5 Å². The molecule has 1 unspecified atom stereocenters. The molecule has 1 atom stereocenters. The van der Waals surface area contributed by atoms with Crippen LogP contribution in [0.3, 0.4) is 0 Å². The molecule has 3 aromatic carbocycles. The Morgan fingerprint density at radius 2 is 1.56 bits per heavy atom. The summed E-state index contributed by atoms with van der Waals surface area (Å²) in [7, 11) is 1.68. The van der Waals surface area contributed by atoms with Gasteiger partial charge in [-0.15, -0.1) is 0 Å². The van der Waals surface area contributed by atoms with Gasteiger partial charge in [0, 0.05) is 18.7 Å². The topological polar surface area (TPSA) is 57.2 Å². The van der Waals surface area contributed by atoms with E-state index < -0.39 is 5.54 Å². The highest BCUT2D eigenvalue weighted by Gasteiger charge is 2.48. The molecule has 0 saturated carbocycles. The molecular weight excluding hydrogens is 454 g/mol. The number of carbonyl (C=O) groups excluding carboxylic acids is 1. The monoisotopic (exact) mass is 483 g/mol. The lowest BCUT2D eigenvalue weighted by Crippen LogP contribution is -2.49. The zero-order valence-electron chi connectivity index (χ0n) is 20.8. The summed E-state index contributed by atoms with van der Waals surface area (Å²) in [4.78, 5) is 14.5. The molecule has 0 bridgehead atoms. The van der Waals surface area contributed by atoms with E-state index in [0.29, 0.717) is 18.8 Å². The molecule has 0 radical (unpaired) electrons. The first-order valence-electron chi connectivity index (χ1n) is 12.3. The number of carbonyl (C=O) groups is 1. The third-order valence-corrected chi connectivity index (χ3v) is 7.65. The molecular formula is C30H29NO5. The lowest BCUT2D eigenvalue weighted by atomic mass is 9.81. The molecule has 0 amide bonds. The number of fused-ring (bicyclic) bond motifs is 2. The van der Waals surface area contributed by atoms with Gasteiger partial charge < -0.3 is 18.9 Å². The zero-order valence-corrected chi connectivity index (χ0v) is 20.8. The molecule has 6 rings (SSSR count). The lowest BCUT2D eigenvalue weighted by Gasteiger charge is -2.43. The normalized spacial score (nSPS) is 21.0. The number of morpholine rings is 1. The van der Waals surface area contributed by atoms with Crippen molar-refractivity contribution < 1.29 is 23.7 Å². The first kappa shape index (κ1) is 22.8. The minimum Gasteiger partial charge on any atom is -0.497 e. The van der Waals surface area contributed by atoms with Crippen LogP contribution in [0.25, 0.3) is 11.1 Å². The van der Waals surface area contributed by atoms with Crippen LogP contribution >= 0.6 is 0 Å². The average Bonchev–Trinajstić information content (AvgIpc) is 3.48. The number of rotatable bonds is 5. The van der Waals surface area contributed by atoms with E-state index >= 15 is 0 Å². The van der Waals surface area contributed by atoms with E-state index in [0.717, 1.165) is 52.6 Å². The molecule has 0 N–H and O–H groups in total. The summed E-state index contributed by atoms with van der Waals surface area (Å²) in [6.07, 6.45) is 0. The summed E-state index contributed by atoms with van der Waals surface area (Å²) in [5, 5.41) is 0. The number of Topliss-reactive ketones (excluding diaryl/α,β-unsaturated/α-hetero) is 1. The Balaban J connectivity index is 1.64. The summed E-state index contributed by atoms with van der Waals surface area (Å²) in [5.41, 5.74) is 7.10. The quantitative estimate of drug-likeness (QED) is 0.468. The van der Waals surface area contributed by atoms with Crippen molar-refractivity contribution in [3.8, 4) is 17.2 Å². The van der Waals surface area contributed by atoms with Gasteiger partial charge >= 0.3 is 0 Å². The standard InChI is InChI=1S/C30H29NO5/c1-19(32)20-4-6-22(7-5-20)29-28(21-8-10-23(33-3)11-9-21)24-16-26-27(36-18-35-26)17-25(24)30(29,2)31-12-14-34-15-13-31/h4-11,16-17H,12-15,18H2,1-3H3. The van der Waals surface area contributed by atoms with E-state index in [1.54, 1.807) is 14.0 Å². The first-order valence-corrected chi connectivity index (χ1v) is 12.3. The molecule has 2 aliphatic heterocycles. The molecule has 1 fully saturated rings. The third-order valence-electron chi connectivity index (χ3n) is 7.65. The Labute approximate surface area is 211 Å². The molecule has 184 valence electrons. The van der Waals surface area contributed by atoms with Crippen LogP contribution in [-0.2, 0) is 10.3 Å². The molecule has 1 saturated heterocycles. The zero-order chi connectivity index (χ0) is 24.9. The Morgan fingerprint density at radius 3 is 2.19 bits per heavy atom.